The number of carboxylic acids is 1. The monoisotopic (exact) mass is 621 g/mol. The van der Waals surface area contributed by atoms with E-state index in [4.69, 9.17) is 4.74 Å². The zero-order valence-electron chi connectivity index (χ0n) is 25.1. The molecule has 0 unspecified atom stereocenters. The van der Waals surface area contributed by atoms with Crippen LogP contribution in [0.3, 0.4) is 0 Å². The van der Waals surface area contributed by atoms with Crippen LogP contribution in [0.25, 0.3) is 17.7 Å². The number of nitrogens with one attached hydrogen (secondary N) is 1. The zero-order chi connectivity index (χ0) is 33.1. The maximum Gasteiger partial charge on any atom is 0.345 e. The topological polar surface area (TPSA) is 197 Å². The lowest BCUT2D eigenvalue weighted by Gasteiger charge is -2.25. The van der Waals surface area contributed by atoms with Crippen molar-refractivity contribution in [3.63, 3.8) is 0 Å². The molecule has 0 radical (unpaired) electrons. The molecule has 240 valence electrons. The number of benzene rings is 3. The number of carbonyl (C=O) groups excluding carboxylic acids is 1. The fourth-order valence-corrected chi connectivity index (χ4v) is 4.77. The van der Waals surface area contributed by atoms with E-state index >= 15 is 0 Å². The van der Waals surface area contributed by atoms with Gasteiger partial charge >= 0.3 is 11.9 Å². The fourth-order valence-electron chi connectivity index (χ4n) is 4.77. The van der Waals surface area contributed by atoms with Crippen LogP contribution in [-0.2, 0) is 14.3 Å². The summed E-state index contributed by atoms with van der Waals surface area (Å²) in [6, 6.07) is 10.7. The quantitative estimate of drug-likeness (QED) is 0.0353. The number of rotatable bonds is 15. The van der Waals surface area contributed by atoms with Crippen LogP contribution in [0.15, 0.2) is 54.6 Å². The number of aliphatic carboxylic acids is 1. The summed E-state index contributed by atoms with van der Waals surface area (Å²) in [5.41, 5.74) is 2.07. The number of phenols is 6. The lowest BCUT2D eigenvalue weighted by atomic mass is 9.92. The van der Waals surface area contributed by atoms with Gasteiger partial charge in [-0.25, -0.2) is 9.59 Å². The highest BCUT2D eigenvalue weighted by Crippen LogP contribution is 2.36. The van der Waals surface area contributed by atoms with Crippen LogP contribution >= 0.6 is 0 Å². The normalized spacial score (nSPS) is 13.1. The van der Waals surface area contributed by atoms with Gasteiger partial charge in [0.15, 0.2) is 34.5 Å². The number of likely N-dealkylation sites (N-methyl/N-ethyl adjacent to an activating group) is 1. The third kappa shape index (κ3) is 9.41. The number of hydrogen-bond donors (Lipinski definition) is 8. The Labute approximate surface area is 261 Å². The summed E-state index contributed by atoms with van der Waals surface area (Å²) in [5, 5.41) is 73.0. The van der Waals surface area contributed by atoms with Gasteiger partial charge in [0.25, 0.3) is 0 Å². The van der Waals surface area contributed by atoms with Crippen molar-refractivity contribution in [1.29, 1.82) is 0 Å². The minimum atomic E-state index is -1.66. The van der Waals surface area contributed by atoms with Gasteiger partial charge in [-0.1, -0.05) is 51.0 Å². The van der Waals surface area contributed by atoms with Gasteiger partial charge in [0.1, 0.15) is 0 Å². The molecule has 3 aromatic rings. The number of carboxylic acid groups (broad SMARTS) is 1. The number of allylic oxidation sites excluding steroid dienone is 1. The van der Waals surface area contributed by atoms with Crippen molar-refractivity contribution in [3.05, 3.63) is 76.9 Å². The Kier molecular flexibility index (Phi) is 12.3. The predicted octanol–water partition coefficient (Wildman–Crippen LogP) is 5.44. The number of aromatic hydroxyl groups is 6. The van der Waals surface area contributed by atoms with Crippen molar-refractivity contribution in [2.45, 2.75) is 51.6 Å². The second-order valence-corrected chi connectivity index (χ2v) is 10.5. The smallest absolute Gasteiger partial charge is 0.345 e. The Hall–Kier alpha value is -5.16. The van der Waals surface area contributed by atoms with Crippen LogP contribution in [0.4, 0.5) is 0 Å². The van der Waals surface area contributed by atoms with Crippen LogP contribution in [0.2, 0.25) is 0 Å². The first kappa shape index (κ1) is 34.3. The largest absolute Gasteiger partial charge is 0.504 e. The second kappa shape index (κ2) is 16.1. The minimum Gasteiger partial charge on any atom is -0.504 e. The molecule has 0 heterocycles. The molecular formula is C34H39NO10. The number of carbonyl (C=O) groups is 2. The SMILES string of the molecule is CCCCC/C(=C\C(=O)O[C@@H](C(=O)O)[C@H](CNCC)c1ccc(O)c(O)c1)c1cc(O)c(O)cc1/C=C/c1ccc(O)c(O)c1. The van der Waals surface area contributed by atoms with Gasteiger partial charge in [-0.05, 0) is 83.6 Å². The highest BCUT2D eigenvalue weighted by Gasteiger charge is 2.33. The molecule has 3 aromatic carbocycles. The van der Waals surface area contributed by atoms with Crippen molar-refractivity contribution in [3.8, 4) is 34.5 Å². The summed E-state index contributed by atoms with van der Waals surface area (Å²) in [5.74, 6) is -5.57. The van der Waals surface area contributed by atoms with E-state index in [0.717, 1.165) is 12.8 Å². The van der Waals surface area contributed by atoms with Gasteiger partial charge in [0, 0.05) is 18.5 Å². The maximum absolute atomic E-state index is 13.4. The van der Waals surface area contributed by atoms with Crippen molar-refractivity contribution in [1.82, 2.24) is 5.32 Å². The Balaban J connectivity index is 2.04. The molecule has 8 N–H and O–H groups in total. The van der Waals surface area contributed by atoms with E-state index in [1.807, 2.05) is 13.8 Å². The maximum atomic E-state index is 13.4. The summed E-state index contributed by atoms with van der Waals surface area (Å²) in [6.45, 7) is 4.41. The molecule has 0 amide bonds. The Morgan fingerprint density at radius 1 is 0.800 bits per heavy atom. The fraction of sp³-hybridized carbons (Fsp3) is 0.294. The summed E-state index contributed by atoms with van der Waals surface area (Å²) in [7, 11) is 0. The number of phenolic OH excluding ortho intramolecular Hbond substituents is 6. The van der Waals surface area contributed by atoms with Gasteiger partial charge in [0.05, 0.1) is 0 Å². The molecule has 11 heteroatoms. The van der Waals surface area contributed by atoms with Gasteiger partial charge in [-0.15, -0.1) is 0 Å². The summed E-state index contributed by atoms with van der Waals surface area (Å²) in [6.07, 6.45) is 5.42. The summed E-state index contributed by atoms with van der Waals surface area (Å²) < 4.78 is 5.52. The molecule has 45 heavy (non-hydrogen) atoms. The highest BCUT2D eigenvalue weighted by atomic mass is 16.6. The molecule has 0 aliphatic carbocycles. The van der Waals surface area contributed by atoms with E-state index in [9.17, 15) is 45.3 Å². The summed E-state index contributed by atoms with van der Waals surface area (Å²) in [4.78, 5) is 25.8. The van der Waals surface area contributed by atoms with Crippen LogP contribution < -0.4 is 5.32 Å². The third-order valence-corrected chi connectivity index (χ3v) is 7.18. The molecule has 0 saturated heterocycles. The number of ether oxygens (including phenoxy) is 1. The molecular weight excluding hydrogens is 582 g/mol. The van der Waals surface area contributed by atoms with Gasteiger partial charge in [-0.2, -0.15) is 0 Å². The lowest BCUT2D eigenvalue weighted by molar-refractivity contribution is -0.162. The van der Waals surface area contributed by atoms with Crippen molar-refractivity contribution in [2.75, 3.05) is 13.1 Å². The average molecular weight is 622 g/mol. The number of unbranched alkanes of at least 4 members (excludes halogenated alkanes) is 2. The third-order valence-electron chi connectivity index (χ3n) is 7.18. The Morgan fingerprint density at radius 2 is 1.44 bits per heavy atom. The Bertz CT molecular complexity index is 1560. The molecule has 0 aromatic heterocycles. The standard InChI is InChI=1S/C34H39NO10/c1-3-5-6-7-21(24-18-31(41)30(40)15-22(24)10-8-20-9-12-26(36)28(38)14-20)17-32(42)45-33(34(43)44)25(19-35-4-2)23-11-13-27(37)29(39)16-23/h8-18,25,33,35-41H,3-7,19H2,1-2H3,(H,43,44)/b10-8+,21-17+/t25-,33-/m1/s1. The van der Waals surface area contributed by atoms with E-state index in [1.54, 1.807) is 18.2 Å². The molecule has 0 fully saturated rings. The van der Waals surface area contributed by atoms with Crippen LogP contribution in [-0.4, -0.2) is 66.9 Å². The first-order valence-electron chi connectivity index (χ1n) is 14.6. The highest BCUT2D eigenvalue weighted by molar-refractivity contribution is 5.95. The minimum absolute atomic E-state index is 0.0889. The molecule has 0 spiro atoms. The van der Waals surface area contributed by atoms with Gasteiger partial charge < -0.3 is 45.8 Å². The second-order valence-electron chi connectivity index (χ2n) is 10.5. The van der Waals surface area contributed by atoms with E-state index in [2.05, 4.69) is 5.32 Å². The van der Waals surface area contributed by atoms with E-state index in [-0.39, 0.29) is 23.8 Å². The van der Waals surface area contributed by atoms with E-state index in [0.29, 0.717) is 47.2 Å². The van der Waals surface area contributed by atoms with Crippen LogP contribution in [0, 0.1) is 0 Å². The van der Waals surface area contributed by atoms with E-state index in [1.165, 1.54) is 48.5 Å². The van der Waals surface area contributed by atoms with Crippen LogP contribution in [0.5, 0.6) is 34.5 Å². The van der Waals surface area contributed by atoms with Gasteiger partial charge in [0.2, 0.25) is 6.10 Å². The zero-order valence-corrected chi connectivity index (χ0v) is 25.1. The molecule has 0 saturated carbocycles. The number of hydrogen-bond acceptors (Lipinski definition) is 10. The van der Waals surface area contributed by atoms with Crippen LogP contribution in [0.1, 0.15) is 67.7 Å². The molecule has 0 aliphatic heterocycles. The Morgan fingerprint density at radius 3 is 2.07 bits per heavy atom. The molecule has 3 rings (SSSR count). The van der Waals surface area contributed by atoms with Crippen molar-refractivity contribution >= 4 is 29.7 Å². The molecule has 0 bridgehead atoms. The molecule has 0 aliphatic rings. The number of esters is 1. The average Bonchev–Trinajstić information content (AvgIpc) is 3.00. The summed E-state index contributed by atoms with van der Waals surface area (Å²) >= 11 is 0. The predicted molar refractivity (Wildman–Crippen MR) is 169 cm³/mol. The van der Waals surface area contributed by atoms with Crippen molar-refractivity contribution in [2.24, 2.45) is 0 Å². The van der Waals surface area contributed by atoms with Gasteiger partial charge in [-0.3, -0.25) is 0 Å². The molecule has 11 nitrogen and oxygen atoms in total. The first-order chi connectivity index (χ1) is 21.4. The van der Waals surface area contributed by atoms with Crippen molar-refractivity contribution < 1.29 is 50.1 Å². The van der Waals surface area contributed by atoms with E-state index < -0.39 is 41.2 Å². The molecule has 2 atom stereocenters. The first-order valence-corrected chi connectivity index (χ1v) is 14.6. The lowest BCUT2D eigenvalue weighted by Crippen LogP contribution is -2.38.